The number of hydrogen-bond acceptors (Lipinski definition) is 2. The standard InChI is InChI=1S/C14H28N4O.HI/c1-5-11(4)17-13(19)7-8-16-14(15-6-2)18-12-9-10(12)3;/h10-12H,5-9H2,1-4H3,(H,17,19)(H2,15,16,18);1H. The van der Waals surface area contributed by atoms with Gasteiger partial charge in [0.1, 0.15) is 0 Å². The van der Waals surface area contributed by atoms with Crippen molar-refractivity contribution in [2.75, 3.05) is 13.1 Å². The van der Waals surface area contributed by atoms with Gasteiger partial charge in [-0.05, 0) is 32.6 Å². The third kappa shape index (κ3) is 7.91. The third-order valence-electron chi connectivity index (χ3n) is 3.40. The van der Waals surface area contributed by atoms with Gasteiger partial charge >= 0.3 is 0 Å². The molecule has 6 heteroatoms. The van der Waals surface area contributed by atoms with Crippen LogP contribution in [0.1, 0.15) is 47.0 Å². The van der Waals surface area contributed by atoms with Gasteiger partial charge in [-0.25, -0.2) is 0 Å². The molecule has 0 heterocycles. The van der Waals surface area contributed by atoms with Gasteiger partial charge in [0, 0.05) is 25.0 Å². The minimum Gasteiger partial charge on any atom is -0.357 e. The molecule has 1 saturated carbocycles. The zero-order valence-electron chi connectivity index (χ0n) is 13.0. The van der Waals surface area contributed by atoms with Crippen LogP contribution in [0, 0.1) is 5.92 Å². The number of carbonyl (C=O) groups is 1. The van der Waals surface area contributed by atoms with Crippen molar-refractivity contribution < 1.29 is 4.79 Å². The van der Waals surface area contributed by atoms with E-state index in [4.69, 9.17) is 0 Å². The van der Waals surface area contributed by atoms with Gasteiger partial charge < -0.3 is 16.0 Å². The Balaban J connectivity index is 0.00000361. The van der Waals surface area contributed by atoms with Crippen LogP contribution in [0.4, 0.5) is 0 Å². The van der Waals surface area contributed by atoms with Gasteiger partial charge in [-0.2, -0.15) is 0 Å². The average Bonchev–Trinajstić information content (AvgIpc) is 3.04. The number of halogens is 1. The molecule has 5 nitrogen and oxygen atoms in total. The molecule has 1 fully saturated rings. The molecular weight excluding hydrogens is 367 g/mol. The van der Waals surface area contributed by atoms with Crippen molar-refractivity contribution in [1.29, 1.82) is 0 Å². The lowest BCUT2D eigenvalue weighted by molar-refractivity contribution is -0.121. The Kier molecular flexibility index (Phi) is 9.96. The highest BCUT2D eigenvalue weighted by Gasteiger charge is 2.33. The number of aliphatic imine (C=N–C) groups is 1. The smallest absolute Gasteiger partial charge is 0.222 e. The molecule has 0 radical (unpaired) electrons. The van der Waals surface area contributed by atoms with E-state index in [1.165, 1.54) is 6.42 Å². The monoisotopic (exact) mass is 396 g/mol. The van der Waals surface area contributed by atoms with Gasteiger partial charge in [-0.3, -0.25) is 9.79 Å². The number of amides is 1. The Hall–Kier alpha value is -0.530. The largest absolute Gasteiger partial charge is 0.357 e. The summed E-state index contributed by atoms with van der Waals surface area (Å²) < 4.78 is 0. The highest BCUT2D eigenvalue weighted by atomic mass is 127. The fraction of sp³-hybridized carbons (Fsp3) is 0.857. The predicted octanol–water partition coefficient (Wildman–Crippen LogP) is 1.87. The van der Waals surface area contributed by atoms with Gasteiger partial charge in [0.2, 0.25) is 5.91 Å². The Bertz CT molecular complexity index is 322. The van der Waals surface area contributed by atoms with Crippen LogP contribution in [0.15, 0.2) is 4.99 Å². The summed E-state index contributed by atoms with van der Waals surface area (Å²) >= 11 is 0. The van der Waals surface area contributed by atoms with Gasteiger partial charge in [-0.1, -0.05) is 13.8 Å². The lowest BCUT2D eigenvalue weighted by atomic mass is 10.2. The van der Waals surface area contributed by atoms with E-state index in [0.29, 0.717) is 19.0 Å². The summed E-state index contributed by atoms with van der Waals surface area (Å²) in [5.74, 6) is 1.64. The zero-order chi connectivity index (χ0) is 14.3. The molecule has 3 unspecified atom stereocenters. The van der Waals surface area contributed by atoms with E-state index in [-0.39, 0.29) is 35.9 Å². The molecule has 1 aliphatic rings. The fourth-order valence-electron chi connectivity index (χ4n) is 1.74. The van der Waals surface area contributed by atoms with E-state index in [0.717, 1.165) is 24.8 Å². The van der Waals surface area contributed by atoms with E-state index in [1.54, 1.807) is 0 Å². The Morgan fingerprint density at radius 1 is 1.40 bits per heavy atom. The second kappa shape index (κ2) is 10.2. The lowest BCUT2D eigenvalue weighted by Gasteiger charge is -2.12. The summed E-state index contributed by atoms with van der Waals surface area (Å²) in [6, 6.07) is 0.793. The van der Waals surface area contributed by atoms with Crippen molar-refractivity contribution in [3.63, 3.8) is 0 Å². The fourth-order valence-corrected chi connectivity index (χ4v) is 1.74. The van der Waals surface area contributed by atoms with Crippen molar-refractivity contribution >= 4 is 35.8 Å². The summed E-state index contributed by atoms with van der Waals surface area (Å²) in [6.07, 6.45) is 2.61. The number of nitrogens with zero attached hydrogens (tertiary/aromatic N) is 1. The van der Waals surface area contributed by atoms with E-state index in [1.807, 2.05) is 13.8 Å². The number of guanidine groups is 1. The maximum Gasteiger partial charge on any atom is 0.222 e. The Labute approximate surface area is 139 Å². The molecule has 3 N–H and O–H groups in total. The summed E-state index contributed by atoms with van der Waals surface area (Å²) in [7, 11) is 0. The zero-order valence-corrected chi connectivity index (χ0v) is 15.4. The average molecular weight is 396 g/mol. The predicted molar refractivity (Wildman–Crippen MR) is 94.6 cm³/mol. The van der Waals surface area contributed by atoms with Crippen molar-refractivity contribution in [3.8, 4) is 0 Å². The molecule has 0 bridgehead atoms. The molecule has 20 heavy (non-hydrogen) atoms. The SMILES string of the molecule is CCNC(=NCCC(=O)NC(C)CC)NC1CC1C.I. The van der Waals surface area contributed by atoms with E-state index < -0.39 is 0 Å². The van der Waals surface area contributed by atoms with Crippen LogP contribution in [0.2, 0.25) is 0 Å². The molecule has 1 amide bonds. The molecule has 0 aromatic heterocycles. The third-order valence-corrected chi connectivity index (χ3v) is 3.40. The van der Waals surface area contributed by atoms with Crippen LogP contribution in [-0.4, -0.2) is 37.0 Å². The van der Waals surface area contributed by atoms with E-state index >= 15 is 0 Å². The van der Waals surface area contributed by atoms with Crippen LogP contribution >= 0.6 is 24.0 Å². The second-order valence-corrected chi connectivity index (χ2v) is 5.35. The molecule has 0 saturated heterocycles. The highest BCUT2D eigenvalue weighted by molar-refractivity contribution is 14.0. The Morgan fingerprint density at radius 3 is 2.55 bits per heavy atom. The first-order valence-electron chi connectivity index (χ1n) is 7.41. The second-order valence-electron chi connectivity index (χ2n) is 5.35. The van der Waals surface area contributed by atoms with Crippen LogP contribution in [0.25, 0.3) is 0 Å². The van der Waals surface area contributed by atoms with E-state index in [9.17, 15) is 4.79 Å². The number of hydrogen-bond donors (Lipinski definition) is 3. The highest BCUT2D eigenvalue weighted by Crippen LogP contribution is 2.28. The summed E-state index contributed by atoms with van der Waals surface area (Å²) in [6.45, 7) is 9.71. The first-order chi connectivity index (χ1) is 9.06. The van der Waals surface area contributed by atoms with Crippen molar-refractivity contribution in [3.05, 3.63) is 0 Å². The molecule has 1 aliphatic carbocycles. The van der Waals surface area contributed by atoms with Crippen LogP contribution in [0.3, 0.4) is 0 Å². The van der Waals surface area contributed by atoms with Crippen molar-refractivity contribution in [2.45, 2.75) is 59.0 Å². The maximum absolute atomic E-state index is 11.6. The molecule has 0 aromatic rings. The number of nitrogens with one attached hydrogen (secondary N) is 3. The topological polar surface area (TPSA) is 65.5 Å². The number of rotatable bonds is 7. The quantitative estimate of drug-likeness (QED) is 0.350. The first-order valence-corrected chi connectivity index (χ1v) is 7.41. The molecule has 0 aliphatic heterocycles. The van der Waals surface area contributed by atoms with Crippen molar-refractivity contribution in [2.24, 2.45) is 10.9 Å². The minimum atomic E-state index is 0. The molecule has 0 aromatic carbocycles. The van der Waals surface area contributed by atoms with Gasteiger partial charge in [-0.15, -0.1) is 24.0 Å². The van der Waals surface area contributed by atoms with Crippen LogP contribution in [-0.2, 0) is 4.79 Å². The molecule has 0 spiro atoms. The van der Waals surface area contributed by atoms with Crippen LogP contribution < -0.4 is 16.0 Å². The van der Waals surface area contributed by atoms with Crippen molar-refractivity contribution in [1.82, 2.24) is 16.0 Å². The van der Waals surface area contributed by atoms with Gasteiger partial charge in [0.15, 0.2) is 5.96 Å². The first kappa shape index (κ1) is 19.5. The molecule has 1 rings (SSSR count). The normalized spacial score (nSPS) is 22.5. The van der Waals surface area contributed by atoms with E-state index in [2.05, 4.69) is 34.8 Å². The van der Waals surface area contributed by atoms with Crippen LogP contribution in [0.5, 0.6) is 0 Å². The summed E-state index contributed by atoms with van der Waals surface area (Å²) in [5, 5.41) is 9.53. The van der Waals surface area contributed by atoms with Gasteiger partial charge in [0.25, 0.3) is 0 Å². The molecule has 118 valence electrons. The maximum atomic E-state index is 11.6. The Morgan fingerprint density at radius 2 is 2.05 bits per heavy atom. The van der Waals surface area contributed by atoms with Gasteiger partial charge in [0.05, 0.1) is 6.54 Å². The summed E-state index contributed by atoms with van der Waals surface area (Å²) in [5.41, 5.74) is 0. The minimum absolute atomic E-state index is 0. The molecule has 3 atom stereocenters. The number of carbonyl (C=O) groups excluding carboxylic acids is 1. The lowest BCUT2D eigenvalue weighted by Crippen LogP contribution is -2.39. The summed E-state index contributed by atoms with van der Waals surface area (Å²) in [4.78, 5) is 16.1. The molecular formula is C14H29IN4O.